The average molecular weight is 299 g/mol. The number of likely N-dealkylation sites (N-methyl/N-ethyl adjacent to an activating group) is 1. The topological polar surface area (TPSA) is 21.7 Å². The van der Waals surface area contributed by atoms with E-state index in [1.165, 1.54) is 16.8 Å². The molecule has 2 rings (SSSR count). The third-order valence-corrected chi connectivity index (χ3v) is 4.11. The zero-order chi connectivity index (χ0) is 16.1. The number of ether oxygens (including phenoxy) is 2. The van der Waals surface area contributed by atoms with E-state index in [2.05, 4.69) is 50.9 Å². The number of rotatable bonds is 6. The molecule has 0 N–H and O–H groups in total. The summed E-state index contributed by atoms with van der Waals surface area (Å²) in [4.78, 5) is 2.25. The van der Waals surface area contributed by atoms with Crippen LogP contribution >= 0.6 is 0 Å². The summed E-state index contributed by atoms with van der Waals surface area (Å²) in [5.41, 5.74) is 3.85. The van der Waals surface area contributed by atoms with E-state index in [1.807, 2.05) is 24.3 Å². The van der Waals surface area contributed by atoms with Gasteiger partial charge >= 0.3 is 0 Å². The van der Waals surface area contributed by atoms with Crippen LogP contribution in [0, 0.1) is 13.8 Å². The van der Waals surface area contributed by atoms with Gasteiger partial charge in [0, 0.05) is 12.7 Å². The molecule has 2 aromatic carbocycles. The fourth-order valence-corrected chi connectivity index (χ4v) is 2.20. The Morgan fingerprint density at radius 2 is 1.59 bits per heavy atom. The Balaban J connectivity index is 1.95. The number of anilines is 1. The first kappa shape index (κ1) is 16.2. The van der Waals surface area contributed by atoms with Gasteiger partial charge in [0.2, 0.25) is 0 Å². The fraction of sp³-hybridized carbons (Fsp3) is 0.368. The van der Waals surface area contributed by atoms with Crippen LogP contribution < -0.4 is 14.4 Å². The van der Waals surface area contributed by atoms with Gasteiger partial charge in [0.25, 0.3) is 0 Å². The van der Waals surface area contributed by atoms with Gasteiger partial charge in [-0.25, -0.2) is 0 Å². The third-order valence-electron chi connectivity index (χ3n) is 4.11. The first-order valence-electron chi connectivity index (χ1n) is 7.58. The van der Waals surface area contributed by atoms with Gasteiger partial charge in [0.05, 0.1) is 13.2 Å². The minimum Gasteiger partial charge on any atom is -0.497 e. The van der Waals surface area contributed by atoms with E-state index in [9.17, 15) is 0 Å². The van der Waals surface area contributed by atoms with E-state index >= 15 is 0 Å². The van der Waals surface area contributed by atoms with E-state index < -0.39 is 0 Å². The second-order valence-electron chi connectivity index (χ2n) is 5.72. The molecule has 0 aliphatic rings. The normalized spacial score (nSPS) is 11.9. The Kier molecular flexibility index (Phi) is 5.31. The Labute approximate surface area is 133 Å². The van der Waals surface area contributed by atoms with Crippen LogP contribution in [0.4, 0.5) is 5.69 Å². The highest BCUT2D eigenvalue weighted by Crippen LogP contribution is 2.21. The Morgan fingerprint density at radius 1 is 0.955 bits per heavy atom. The standard InChI is InChI=1S/C19H25NO2/c1-14-6-7-17(12-15(14)2)20(4)16(3)13-22-19-10-8-18(21-5)9-11-19/h6-12,16H,13H2,1-5H3. The van der Waals surface area contributed by atoms with Gasteiger partial charge in [-0.05, 0) is 68.3 Å². The summed E-state index contributed by atoms with van der Waals surface area (Å²) in [6, 6.07) is 14.5. The van der Waals surface area contributed by atoms with Crippen molar-refractivity contribution in [3.05, 3.63) is 53.6 Å². The zero-order valence-corrected chi connectivity index (χ0v) is 14.1. The molecule has 3 nitrogen and oxygen atoms in total. The highest BCUT2D eigenvalue weighted by Gasteiger charge is 2.11. The molecule has 0 aliphatic heterocycles. The van der Waals surface area contributed by atoms with E-state index in [0.29, 0.717) is 6.61 Å². The molecule has 0 amide bonds. The van der Waals surface area contributed by atoms with Crippen molar-refractivity contribution in [1.82, 2.24) is 0 Å². The summed E-state index contributed by atoms with van der Waals surface area (Å²) in [5.74, 6) is 1.70. The molecule has 0 fully saturated rings. The van der Waals surface area contributed by atoms with E-state index in [-0.39, 0.29) is 6.04 Å². The number of hydrogen-bond donors (Lipinski definition) is 0. The summed E-state index contributed by atoms with van der Waals surface area (Å²) in [7, 11) is 3.77. The number of benzene rings is 2. The Morgan fingerprint density at radius 3 is 2.18 bits per heavy atom. The number of hydrogen-bond acceptors (Lipinski definition) is 3. The first-order valence-corrected chi connectivity index (χ1v) is 7.58. The first-order chi connectivity index (χ1) is 10.5. The maximum Gasteiger partial charge on any atom is 0.119 e. The van der Waals surface area contributed by atoms with Crippen molar-refractivity contribution < 1.29 is 9.47 Å². The van der Waals surface area contributed by atoms with Crippen LogP contribution in [-0.2, 0) is 0 Å². The van der Waals surface area contributed by atoms with Crippen LogP contribution in [0.5, 0.6) is 11.5 Å². The highest BCUT2D eigenvalue weighted by molar-refractivity contribution is 5.50. The molecule has 0 spiro atoms. The van der Waals surface area contributed by atoms with Crippen molar-refractivity contribution in [1.29, 1.82) is 0 Å². The van der Waals surface area contributed by atoms with Crippen LogP contribution in [0.2, 0.25) is 0 Å². The molecule has 0 radical (unpaired) electrons. The molecule has 0 saturated carbocycles. The fourth-order valence-electron chi connectivity index (χ4n) is 2.20. The maximum absolute atomic E-state index is 5.87. The lowest BCUT2D eigenvalue weighted by atomic mass is 10.1. The smallest absolute Gasteiger partial charge is 0.119 e. The predicted molar refractivity (Wildman–Crippen MR) is 92.3 cm³/mol. The average Bonchev–Trinajstić information content (AvgIpc) is 2.55. The van der Waals surface area contributed by atoms with Gasteiger partial charge in [-0.3, -0.25) is 0 Å². The molecule has 0 heterocycles. The van der Waals surface area contributed by atoms with Crippen molar-refractivity contribution >= 4 is 5.69 Å². The third kappa shape index (κ3) is 3.94. The molecule has 22 heavy (non-hydrogen) atoms. The number of methoxy groups -OCH3 is 1. The van der Waals surface area contributed by atoms with Crippen LogP contribution in [0.15, 0.2) is 42.5 Å². The summed E-state index contributed by atoms with van der Waals surface area (Å²) in [6.07, 6.45) is 0. The monoisotopic (exact) mass is 299 g/mol. The quantitative estimate of drug-likeness (QED) is 0.797. The largest absolute Gasteiger partial charge is 0.497 e. The van der Waals surface area contributed by atoms with Crippen LogP contribution in [-0.4, -0.2) is 26.8 Å². The molecule has 118 valence electrons. The van der Waals surface area contributed by atoms with Crippen molar-refractivity contribution in [2.75, 3.05) is 25.7 Å². The highest BCUT2D eigenvalue weighted by atomic mass is 16.5. The summed E-state index contributed by atoms with van der Waals surface area (Å²) >= 11 is 0. The van der Waals surface area contributed by atoms with Crippen molar-refractivity contribution in [3.63, 3.8) is 0 Å². The molecular formula is C19H25NO2. The van der Waals surface area contributed by atoms with Crippen LogP contribution in [0.25, 0.3) is 0 Å². The molecule has 0 bridgehead atoms. The summed E-state index contributed by atoms with van der Waals surface area (Å²) < 4.78 is 11.0. The lowest BCUT2D eigenvalue weighted by Crippen LogP contribution is -2.34. The lowest BCUT2D eigenvalue weighted by molar-refractivity contribution is 0.292. The zero-order valence-electron chi connectivity index (χ0n) is 14.1. The van der Waals surface area contributed by atoms with Crippen molar-refractivity contribution in [3.8, 4) is 11.5 Å². The van der Waals surface area contributed by atoms with Crippen molar-refractivity contribution in [2.45, 2.75) is 26.8 Å². The maximum atomic E-state index is 5.87. The molecule has 3 heteroatoms. The second-order valence-corrected chi connectivity index (χ2v) is 5.72. The van der Waals surface area contributed by atoms with Gasteiger partial charge in [0.1, 0.15) is 18.1 Å². The van der Waals surface area contributed by atoms with Crippen LogP contribution in [0.1, 0.15) is 18.1 Å². The van der Waals surface area contributed by atoms with E-state index in [1.54, 1.807) is 7.11 Å². The van der Waals surface area contributed by atoms with Gasteiger partial charge in [-0.15, -0.1) is 0 Å². The minimum absolute atomic E-state index is 0.282. The minimum atomic E-state index is 0.282. The van der Waals surface area contributed by atoms with Gasteiger partial charge in [-0.2, -0.15) is 0 Å². The summed E-state index contributed by atoms with van der Waals surface area (Å²) in [6.45, 7) is 7.08. The Bertz CT molecular complexity index is 607. The molecule has 0 aliphatic carbocycles. The molecule has 2 aromatic rings. The predicted octanol–water partition coefficient (Wildman–Crippen LogP) is 4.22. The Hall–Kier alpha value is -2.16. The number of nitrogens with zero attached hydrogens (tertiary/aromatic N) is 1. The van der Waals surface area contributed by atoms with Crippen LogP contribution in [0.3, 0.4) is 0 Å². The van der Waals surface area contributed by atoms with Crippen molar-refractivity contribution in [2.24, 2.45) is 0 Å². The lowest BCUT2D eigenvalue weighted by Gasteiger charge is -2.27. The molecule has 1 unspecified atom stereocenters. The van der Waals surface area contributed by atoms with Gasteiger partial charge in [0.15, 0.2) is 0 Å². The van der Waals surface area contributed by atoms with Gasteiger partial charge < -0.3 is 14.4 Å². The molecule has 1 atom stereocenters. The van der Waals surface area contributed by atoms with E-state index in [4.69, 9.17) is 9.47 Å². The van der Waals surface area contributed by atoms with E-state index in [0.717, 1.165) is 11.5 Å². The molecule has 0 saturated heterocycles. The SMILES string of the molecule is COc1ccc(OCC(C)N(C)c2ccc(C)c(C)c2)cc1. The van der Waals surface area contributed by atoms with Gasteiger partial charge in [-0.1, -0.05) is 6.07 Å². The molecular weight excluding hydrogens is 274 g/mol. The summed E-state index contributed by atoms with van der Waals surface area (Å²) in [5, 5.41) is 0. The second kappa shape index (κ2) is 7.21. The number of aryl methyl sites for hydroxylation is 2. The molecule has 0 aromatic heterocycles.